The van der Waals surface area contributed by atoms with Gasteiger partial charge in [0.1, 0.15) is 11.6 Å². The fourth-order valence-electron chi connectivity index (χ4n) is 3.54. The lowest BCUT2D eigenvalue weighted by molar-refractivity contribution is 0.578. The van der Waals surface area contributed by atoms with Gasteiger partial charge in [-0.1, -0.05) is 71.7 Å². The molecule has 0 aliphatic heterocycles. The van der Waals surface area contributed by atoms with Gasteiger partial charge in [-0.3, -0.25) is 0 Å². The van der Waals surface area contributed by atoms with E-state index in [1.54, 1.807) is 0 Å². The molecule has 0 amide bonds. The van der Waals surface area contributed by atoms with Crippen molar-refractivity contribution in [1.82, 2.24) is 0 Å². The lowest BCUT2D eigenvalue weighted by Gasteiger charge is -2.05. The second kappa shape index (κ2) is 11.1. The molecule has 0 aliphatic carbocycles. The highest BCUT2D eigenvalue weighted by atomic mass is 19.1. The van der Waals surface area contributed by atoms with Crippen LogP contribution in [0.3, 0.4) is 0 Å². The highest BCUT2D eigenvalue weighted by molar-refractivity contribution is 5.66. The zero-order chi connectivity index (χ0) is 24.6. The molecule has 0 atom stereocenters. The van der Waals surface area contributed by atoms with Crippen molar-refractivity contribution in [2.45, 2.75) is 19.8 Å². The Morgan fingerprint density at radius 2 is 1.14 bits per heavy atom. The summed E-state index contributed by atoms with van der Waals surface area (Å²) in [6.07, 6.45) is 3.84. The van der Waals surface area contributed by atoms with Gasteiger partial charge >= 0.3 is 0 Å². The third-order valence-corrected chi connectivity index (χ3v) is 5.59. The third-order valence-electron chi connectivity index (χ3n) is 5.59. The van der Waals surface area contributed by atoms with Gasteiger partial charge in [0.2, 0.25) is 0 Å². The molecule has 0 saturated carbocycles. The standard InChI is InChI=1S/C33H24F2/c1-3-4-5-25-10-12-27(13-11-25)14-15-28-16-19-29(20-17-28)30-22-32(34)31(33(35)23-30)21-18-26-8-6-24(2)7-9-26/h3,6-13,16-17,19-20,22-23H,1,4-5H2,2H3. The summed E-state index contributed by atoms with van der Waals surface area (Å²) >= 11 is 0. The number of hydrogen-bond acceptors (Lipinski definition) is 0. The van der Waals surface area contributed by atoms with Crippen LogP contribution in [0.1, 0.15) is 39.8 Å². The van der Waals surface area contributed by atoms with Gasteiger partial charge in [-0.15, -0.1) is 6.58 Å². The van der Waals surface area contributed by atoms with Gasteiger partial charge in [0, 0.05) is 16.7 Å². The van der Waals surface area contributed by atoms with Gasteiger partial charge in [-0.05, 0) is 85.0 Å². The Labute approximate surface area is 206 Å². The first-order valence-electron chi connectivity index (χ1n) is 11.4. The molecular weight excluding hydrogens is 434 g/mol. The van der Waals surface area contributed by atoms with E-state index in [0.29, 0.717) is 16.7 Å². The fraction of sp³-hybridized carbons (Fsp3) is 0.0909. The van der Waals surface area contributed by atoms with Crippen molar-refractivity contribution in [1.29, 1.82) is 0 Å². The van der Waals surface area contributed by atoms with Crippen molar-refractivity contribution < 1.29 is 8.78 Å². The minimum Gasteiger partial charge on any atom is -0.205 e. The van der Waals surface area contributed by atoms with Crippen LogP contribution in [-0.4, -0.2) is 0 Å². The first kappa shape index (κ1) is 23.7. The Morgan fingerprint density at radius 3 is 1.69 bits per heavy atom. The zero-order valence-corrected chi connectivity index (χ0v) is 19.5. The Morgan fingerprint density at radius 1 is 0.657 bits per heavy atom. The molecule has 170 valence electrons. The number of hydrogen-bond donors (Lipinski definition) is 0. The van der Waals surface area contributed by atoms with E-state index in [1.165, 1.54) is 17.7 Å². The molecule has 0 N–H and O–H groups in total. The van der Waals surface area contributed by atoms with Gasteiger partial charge < -0.3 is 0 Å². The van der Waals surface area contributed by atoms with Crippen molar-refractivity contribution in [3.8, 4) is 34.8 Å². The summed E-state index contributed by atoms with van der Waals surface area (Å²) in [4.78, 5) is 0. The molecule has 4 rings (SSSR count). The van der Waals surface area contributed by atoms with Crippen LogP contribution in [0, 0.1) is 42.2 Å². The van der Waals surface area contributed by atoms with Crippen LogP contribution in [-0.2, 0) is 6.42 Å². The van der Waals surface area contributed by atoms with E-state index in [-0.39, 0.29) is 5.56 Å². The molecule has 0 fully saturated rings. The molecule has 0 bridgehead atoms. The molecular formula is C33H24F2. The molecule has 35 heavy (non-hydrogen) atoms. The summed E-state index contributed by atoms with van der Waals surface area (Å²) < 4.78 is 29.4. The van der Waals surface area contributed by atoms with Crippen molar-refractivity contribution >= 4 is 0 Å². The zero-order valence-electron chi connectivity index (χ0n) is 19.5. The van der Waals surface area contributed by atoms with Crippen LogP contribution < -0.4 is 0 Å². The summed E-state index contributed by atoms with van der Waals surface area (Å²) in [5.41, 5.74) is 5.75. The largest absolute Gasteiger partial charge is 0.205 e. The molecule has 0 aliphatic rings. The summed E-state index contributed by atoms with van der Waals surface area (Å²) in [7, 11) is 0. The summed E-state index contributed by atoms with van der Waals surface area (Å²) in [5.74, 6) is 10.4. The molecule has 0 saturated heterocycles. The molecule has 0 unspecified atom stereocenters. The molecule has 4 aromatic carbocycles. The number of rotatable bonds is 4. The van der Waals surface area contributed by atoms with Gasteiger partial charge in [0.05, 0.1) is 5.56 Å². The monoisotopic (exact) mass is 458 g/mol. The quantitative estimate of drug-likeness (QED) is 0.216. The Bertz CT molecular complexity index is 1430. The van der Waals surface area contributed by atoms with E-state index < -0.39 is 11.6 Å². The average Bonchev–Trinajstić information content (AvgIpc) is 2.87. The molecule has 0 heterocycles. The molecule has 2 heteroatoms. The lowest BCUT2D eigenvalue weighted by atomic mass is 10.0. The predicted octanol–water partition coefficient (Wildman–Crippen LogP) is 7.86. The van der Waals surface area contributed by atoms with Crippen LogP contribution >= 0.6 is 0 Å². The predicted molar refractivity (Wildman–Crippen MR) is 140 cm³/mol. The van der Waals surface area contributed by atoms with Crippen molar-refractivity contribution in [2.24, 2.45) is 0 Å². The lowest BCUT2D eigenvalue weighted by Crippen LogP contribution is -1.92. The number of aryl methyl sites for hydroxylation is 2. The normalized spacial score (nSPS) is 10.0. The Balaban J connectivity index is 1.49. The van der Waals surface area contributed by atoms with E-state index in [0.717, 1.165) is 29.5 Å². The second-order valence-corrected chi connectivity index (χ2v) is 8.28. The van der Waals surface area contributed by atoms with E-state index in [2.05, 4.69) is 42.4 Å². The topological polar surface area (TPSA) is 0 Å². The minimum absolute atomic E-state index is 0.229. The molecule has 0 spiro atoms. The van der Waals surface area contributed by atoms with E-state index >= 15 is 0 Å². The van der Waals surface area contributed by atoms with E-state index in [1.807, 2.05) is 73.7 Å². The van der Waals surface area contributed by atoms with Crippen LogP contribution in [0.15, 0.2) is 97.6 Å². The molecule has 0 nitrogen and oxygen atoms in total. The maximum atomic E-state index is 14.7. The summed E-state index contributed by atoms with van der Waals surface area (Å²) in [5, 5.41) is 0. The summed E-state index contributed by atoms with van der Waals surface area (Å²) in [6, 6.07) is 25.6. The van der Waals surface area contributed by atoms with E-state index in [4.69, 9.17) is 0 Å². The number of halogens is 2. The number of benzene rings is 4. The fourth-order valence-corrected chi connectivity index (χ4v) is 3.54. The van der Waals surface area contributed by atoms with Gasteiger partial charge in [0.15, 0.2) is 0 Å². The summed E-state index contributed by atoms with van der Waals surface area (Å²) in [6.45, 7) is 5.72. The van der Waals surface area contributed by atoms with E-state index in [9.17, 15) is 8.78 Å². The molecule has 0 radical (unpaired) electrons. The smallest absolute Gasteiger partial charge is 0.142 e. The highest BCUT2D eigenvalue weighted by Gasteiger charge is 2.10. The SMILES string of the molecule is C=CCCc1ccc(C#Cc2ccc(-c3cc(F)c(C#Cc4ccc(C)cc4)c(F)c3)cc2)cc1. The van der Waals surface area contributed by atoms with Gasteiger partial charge in [-0.25, -0.2) is 8.78 Å². The van der Waals surface area contributed by atoms with Gasteiger partial charge in [-0.2, -0.15) is 0 Å². The van der Waals surface area contributed by atoms with Gasteiger partial charge in [0.25, 0.3) is 0 Å². The van der Waals surface area contributed by atoms with Crippen molar-refractivity contribution in [3.63, 3.8) is 0 Å². The van der Waals surface area contributed by atoms with Crippen LogP contribution in [0.25, 0.3) is 11.1 Å². The minimum atomic E-state index is -0.681. The maximum Gasteiger partial charge on any atom is 0.142 e. The highest BCUT2D eigenvalue weighted by Crippen LogP contribution is 2.24. The number of allylic oxidation sites excluding steroid dienone is 1. The molecule has 0 aromatic heterocycles. The van der Waals surface area contributed by atoms with Crippen LogP contribution in [0.2, 0.25) is 0 Å². The van der Waals surface area contributed by atoms with Crippen molar-refractivity contribution in [2.75, 3.05) is 0 Å². The Kier molecular flexibility index (Phi) is 7.57. The average molecular weight is 459 g/mol. The Hall–Kier alpha value is -4.40. The third kappa shape index (κ3) is 6.35. The molecule has 4 aromatic rings. The second-order valence-electron chi connectivity index (χ2n) is 8.28. The van der Waals surface area contributed by atoms with Crippen molar-refractivity contribution in [3.05, 3.63) is 143 Å². The maximum absolute atomic E-state index is 14.7. The first-order valence-corrected chi connectivity index (χ1v) is 11.4. The first-order chi connectivity index (χ1) is 17.0. The van der Waals surface area contributed by atoms with Crippen LogP contribution in [0.4, 0.5) is 8.78 Å². The van der Waals surface area contributed by atoms with Crippen LogP contribution in [0.5, 0.6) is 0 Å².